The number of phenols is 1. The van der Waals surface area contributed by atoms with Gasteiger partial charge in [0.15, 0.2) is 0 Å². The van der Waals surface area contributed by atoms with Crippen LogP contribution < -0.4 is 11.1 Å². The second kappa shape index (κ2) is 6.61. The Morgan fingerprint density at radius 2 is 2.18 bits per heavy atom. The summed E-state index contributed by atoms with van der Waals surface area (Å²) in [5, 5.41) is 12.4. The molecule has 0 bridgehead atoms. The number of nitrogens with one attached hydrogen (secondary N) is 1. The topological polar surface area (TPSA) is 75.3 Å². The van der Waals surface area contributed by atoms with Crippen molar-refractivity contribution in [1.29, 1.82) is 0 Å². The number of benzene rings is 1. The Hall–Kier alpha value is -1.07. The van der Waals surface area contributed by atoms with E-state index in [1.54, 1.807) is 12.1 Å². The van der Waals surface area contributed by atoms with E-state index in [1.807, 2.05) is 0 Å². The maximum atomic E-state index is 11.1. The van der Waals surface area contributed by atoms with E-state index < -0.39 is 0 Å². The summed E-state index contributed by atoms with van der Waals surface area (Å²) in [6.07, 6.45) is 2.61. The molecule has 0 atom stereocenters. The van der Waals surface area contributed by atoms with Gasteiger partial charge in [0.2, 0.25) is 5.91 Å². The lowest BCUT2D eigenvalue weighted by atomic mass is 10.1. The van der Waals surface area contributed by atoms with Gasteiger partial charge < -0.3 is 16.2 Å². The van der Waals surface area contributed by atoms with E-state index in [2.05, 4.69) is 21.2 Å². The lowest BCUT2D eigenvalue weighted by Crippen LogP contribution is -2.09. The summed E-state index contributed by atoms with van der Waals surface area (Å²) >= 11 is 3.43. The van der Waals surface area contributed by atoms with Gasteiger partial charge in [-0.05, 0) is 43.5 Å². The fourth-order valence-electron chi connectivity index (χ4n) is 1.62. The third-order valence-corrected chi connectivity index (χ3v) is 3.16. The standard InChI is InChI=1S/C12H17BrN2O2/c1-8(16)15-12-9(4-2-3-7-14)10(13)5-6-11(12)17/h5-6,17H,2-4,7,14H2,1H3,(H,15,16). The molecule has 17 heavy (non-hydrogen) atoms. The molecule has 1 amide bonds. The molecule has 1 rings (SSSR count). The molecule has 0 saturated heterocycles. The van der Waals surface area contributed by atoms with Crippen molar-refractivity contribution in [3.05, 3.63) is 22.2 Å². The Balaban J connectivity index is 2.97. The molecule has 0 fully saturated rings. The number of rotatable bonds is 5. The first-order valence-electron chi connectivity index (χ1n) is 5.54. The monoisotopic (exact) mass is 300 g/mol. The highest BCUT2D eigenvalue weighted by Crippen LogP contribution is 2.34. The molecular formula is C12H17BrN2O2. The third-order valence-electron chi connectivity index (χ3n) is 2.42. The maximum Gasteiger partial charge on any atom is 0.221 e. The van der Waals surface area contributed by atoms with Crippen LogP contribution in [0.5, 0.6) is 5.75 Å². The summed E-state index contributed by atoms with van der Waals surface area (Å²) in [4.78, 5) is 11.1. The van der Waals surface area contributed by atoms with Crippen molar-refractivity contribution in [2.24, 2.45) is 5.73 Å². The smallest absolute Gasteiger partial charge is 0.221 e. The van der Waals surface area contributed by atoms with Crippen molar-refractivity contribution in [3.8, 4) is 5.75 Å². The number of anilines is 1. The number of hydrogen-bond donors (Lipinski definition) is 3. The van der Waals surface area contributed by atoms with Crippen LogP contribution >= 0.6 is 15.9 Å². The Bertz CT molecular complexity index is 408. The zero-order chi connectivity index (χ0) is 12.8. The molecule has 0 aliphatic rings. The second-order valence-electron chi connectivity index (χ2n) is 3.85. The Labute approximate surface area is 109 Å². The first-order valence-corrected chi connectivity index (χ1v) is 6.33. The molecule has 0 aromatic heterocycles. The molecule has 0 unspecified atom stereocenters. The molecular weight excluding hydrogens is 284 g/mol. The second-order valence-corrected chi connectivity index (χ2v) is 4.70. The number of halogens is 1. The highest BCUT2D eigenvalue weighted by atomic mass is 79.9. The van der Waals surface area contributed by atoms with Crippen LogP contribution in [0.1, 0.15) is 25.3 Å². The first-order chi connectivity index (χ1) is 8.06. The van der Waals surface area contributed by atoms with Gasteiger partial charge in [-0.15, -0.1) is 0 Å². The molecule has 0 aliphatic carbocycles. The van der Waals surface area contributed by atoms with Crippen molar-refractivity contribution in [2.45, 2.75) is 26.2 Å². The zero-order valence-electron chi connectivity index (χ0n) is 9.79. The summed E-state index contributed by atoms with van der Waals surface area (Å²) < 4.78 is 0.885. The van der Waals surface area contributed by atoms with Crippen molar-refractivity contribution in [1.82, 2.24) is 0 Å². The van der Waals surface area contributed by atoms with E-state index in [0.717, 1.165) is 29.3 Å². The number of phenolic OH excluding ortho intramolecular Hbond substituents is 1. The minimum Gasteiger partial charge on any atom is -0.506 e. The summed E-state index contributed by atoms with van der Waals surface area (Å²) in [6.45, 7) is 2.07. The van der Waals surface area contributed by atoms with Crippen LogP contribution in [0.25, 0.3) is 0 Å². The molecule has 94 valence electrons. The van der Waals surface area contributed by atoms with E-state index in [0.29, 0.717) is 12.2 Å². The molecule has 0 radical (unpaired) electrons. The molecule has 1 aromatic carbocycles. The largest absolute Gasteiger partial charge is 0.506 e. The van der Waals surface area contributed by atoms with Crippen LogP contribution in [-0.4, -0.2) is 17.6 Å². The maximum absolute atomic E-state index is 11.1. The zero-order valence-corrected chi connectivity index (χ0v) is 11.4. The van der Waals surface area contributed by atoms with Crippen LogP contribution in [-0.2, 0) is 11.2 Å². The van der Waals surface area contributed by atoms with Gasteiger partial charge in [0, 0.05) is 11.4 Å². The third kappa shape index (κ3) is 4.02. The van der Waals surface area contributed by atoms with Crippen LogP contribution in [0.3, 0.4) is 0 Å². The summed E-state index contributed by atoms with van der Waals surface area (Å²) in [5.41, 5.74) is 6.85. The minimum atomic E-state index is -0.196. The first kappa shape index (κ1) is 14.0. The van der Waals surface area contributed by atoms with Gasteiger partial charge in [-0.25, -0.2) is 0 Å². The fourth-order valence-corrected chi connectivity index (χ4v) is 2.14. The number of nitrogens with two attached hydrogens (primary N) is 1. The van der Waals surface area contributed by atoms with Crippen molar-refractivity contribution in [3.63, 3.8) is 0 Å². The average Bonchev–Trinajstić information content (AvgIpc) is 2.27. The highest BCUT2D eigenvalue weighted by Gasteiger charge is 2.12. The predicted molar refractivity (Wildman–Crippen MR) is 72.1 cm³/mol. The average molecular weight is 301 g/mol. The number of unbranched alkanes of at least 4 members (excludes halogenated alkanes) is 1. The predicted octanol–water partition coefficient (Wildman–Crippen LogP) is 2.39. The Morgan fingerprint density at radius 1 is 1.47 bits per heavy atom. The Morgan fingerprint density at radius 3 is 2.76 bits per heavy atom. The molecule has 1 aromatic rings. The van der Waals surface area contributed by atoms with Crippen LogP contribution in [0.2, 0.25) is 0 Å². The summed E-state index contributed by atoms with van der Waals surface area (Å²) in [6, 6.07) is 3.33. The van der Waals surface area contributed by atoms with E-state index in [1.165, 1.54) is 6.92 Å². The van der Waals surface area contributed by atoms with Crippen LogP contribution in [0, 0.1) is 0 Å². The summed E-state index contributed by atoms with van der Waals surface area (Å²) in [7, 11) is 0. The van der Waals surface area contributed by atoms with Gasteiger partial charge >= 0.3 is 0 Å². The van der Waals surface area contributed by atoms with Crippen molar-refractivity contribution < 1.29 is 9.90 Å². The van der Waals surface area contributed by atoms with Crippen molar-refractivity contribution >= 4 is 27.5 Å². The van der Waals surface area contributed by atoms with Gasteiger partial charge in [0.25, 0.3) is 0 Å². The van der Waals surface area contributed by atoms with Crippen LogP contribution in [0.15, 0.2) is 16.6 Å². The highest BCUT2D eigenvalue weighted by molar-refractivity contribution is 9.10. The number of amides is 1. The van der Waals surface area contributed by atoms with Crippen molar-refractivity contribution in [2.75, 3.05) is 11.9 Å². The molecule has 0 heterocycles. The lowest BCUT2D eigenvalue weighted by molar-refractivity contribution is -0.114. The quantitative estimate of drug-likeness (QED) is 0.577. The van der Waals surface area contributed by atoms with E-state index >= 15 is 0 Å². The van der Waals surface area contributed by atoms with E-state index in [-0.39, 0.29) is 11.7 Å². The molecule has 4 N–H and O–H groups in total. The molecule has 4 nitrogen and oxygen atoms in total. The number of aromatic hydroxyl groups is 1. The minimum absolute atomic E-state index is 0.0890. The van der Waals surface area contributed by atoms with Gasteiger partial charge in [-0.3, -0.25) is 4.79 Å². The van der Waals surface area contributed by atoms with Gasteiger partial charge in [0.05, 0.1) is 5.69 Å². The number of carbonyl (C=O) groups excluding carboxylic acids is 1. The van der Waals surface area contributed by atoms with Gasteiger partial charge in [0.1, 0.15) is 5.75 Å². The number of carbonyl (C=O) groups is 1. The number of hydrogen-bond acceptors (Lipinski definition) is 3. The summed E-state index contributed by atoms with van der Waals surface area (Å²) in [5.74, 6) is -0.107. The molecule has 0 spiro atoms. The SMILES string of the molecule is CC(=O)Nc1c(O)ccc(Br)c1CCCCN. The molecule has 0 saturated carbocycles. The van der Waals surface area contributed by atoms with E-state index in [9.17, 15) is 9.90 Å². The van der Waals surface area contributed by atoms with Crippen LogP contribution in [0.4, 0.5) is 5.69 Å². The fraction of sp³-hybridized carbons (Fsp3) is 0.417. The van der Waals surface area contributed by atoms with Gasteiger partial charge in [-0.1, -0.05) is 15.9 Å². The molecule has 5 heteroatoms. The Kier molecular flexibility index (Phi) is 5.44. The normalized spacial score (nSPS) is 10.3. The molecule has 0 aliphatic heterocycles. The lowest BCUT2D eigenvalue weighted by Gasteiger charge is -2.13. The van der Waals surface area contributed by atoms with Gasteiger partial charge in [-0.2, -0.15) is 0 Å². The van der Waals surface area contributed by atoms with E-state index in [4.69, 9.17) is 5.73 Å².